The van der Waals surface area contributed by atoms with Crippen molar-refractivity contribution < 1.29 is 50.0 Å². The minimum absolute atomic E-state index is 0.0579. The van der Waals surface area contributed by atoms with Crippen LogP contribution in [0.4, 0.5) is 0 Å². The first kappa shape index (κ1) is 30.5. The Labute approximate surface area is 207 Å². The van der Waals surface area contributed by atoms with E-state index in [9.17, 15) is 35.4 Å². The van der Waals surface area contributed by atoms with E-state index < -0.39 is 55.6 Å². The molecule has 0 aromatic rings. The van der Waals surface area contributed by atoms with Crippen LogP contribution < -0.4 is 5.32 Å². The maximum atomic E-state index is 11.6. The summed E-state index contributed by atoms with van der Waals surface area (Å²) in [6.45, 7) is -0.809. The van der Waals surface area contributed by atoms with E-state index in [0.29, 0.717) is 25.7 Å². The summed E-state index contributed by atoms with van der Waals surface area (Å²) in [5, 5.41) is 71.7. The Bertz CT molecular complexity index is 595. The summed E-state index contributed by atoms with van der Waals surface area (Å²) in [6.07, 6.45) is 0.195. The Morgan fingerprint density at radius 2 is 1.34 bits per heavy atom. The van der Waals surface area contributed by atoms with Crippen LogP contribution in [0.25, 0.3) is 0 Å². The van der Waals surface area contributed by atoms with Crippen LogP contribution >= 0.6 is 0 Å². The number of Topliss-reactive ketones (excluding diaryl/α,β-unsaturated/α-hetero) is 1. The summed E-state index contributed by atoms with van der Waals surface area (Å²) in [6, 6.07) is -0.908. The molecule has 0 spiro atoms. The summed E-state index contributed by atoms with van der Waals surface area (Å²) in [4.78, 5) is 11.6. The molecule has 0 aromatic heterocycles. The predicted molar refractivity (Wildman–Crippen MR) is 125 cm³/mol. The van der Waals surface area contributed by atoms with E-state index >= 15 is 0 Å². The molecule has 0 unspecified atom stereocenters. The van der Waals surface area contributed by atoms with Crippen molar-refractivity contribution >= 4 is 5.78 Å². The zero-order chi connectivity index (χ0) is 25.8. The smallest absolute Gasteiger partial charge is 0.187 e. The van der Waals surface area contributed by atoms with Gasteiger partial charge < -0.3 is 50.5 Å². The van der Waals surface area contributed by atoms with E-state index in [1.807, 2.05) is 0 Å². The Morgan fingerprint density at radius 1 is 0.714 bits per heavy atom. The molecule has 2 fully saturated rings. The van der Waals surface area contributed by atoms with Crippen LogP contribution in [0.5, 0.6) is 0 Å². The third-order valence-corrected chi connectivity index (χ3v) is 6.99. The summed E-state index contributed by atoms with van der Waals surface area (Å²) >= 11 is 0. The first-order chi connectivity index (χ1) is 16.8. The topological polar surface area (TPSA) is 189 Å². The fourth-order valence-electron chi connectivity index (χ4n) is 4.83. The standard InChI is InChI=1S/C24H45NO10/c26-12-8-10-15(29)9-6-4-2-1-3-5-7-11-16-23(19(30)17(13-27)25-16)35-24-22(33)21(32)20(31)18(14-28)34-24/h16-28,30-33H,1-14H2/t16-,17+,18+,19-,20+,21-,22+,23+,24-/m0/s1. The lowest BCUT2D eigenvalue weighted by molar-refractivity contribution is -0.316. The highest BCUT2D eigenvalue weighted by Crippen LogP contribution is 2.28. The van der Waals surface area contributed by atoms with Gasteiger partial charge in [-0.3, -0.25) is 4.79 Å². The van der Waals surface area contributed by atoms with E-state index in [1.165, 1.54) is 0 Å². The average Bonchev–Trinajstić information content (AvgIpc) is 3.15. The van der Waals surface area contributed by atoms with Crippen molar-refractivity contribution in [2.24, 2.45) is 0 Å². The number of rotatable bonds is 17. The van der Waals surface area contributed by atoms with Crippen LogP contribution in [0.1, 0.15) is 70.6 Å². The van der Waals surface area contributed by atoms with Crippen molar-refractivity contribution in [1.29, 1.82) is 0 Å². The van der Waals surface area contributed by atoms with Crippen LogP contribution in [0.15, 0.2) is 0 Å². The molecule has 11 heteroatoms. The molecular formula is C24H45NO10. The lowest BCUT2D eigenvalue weighted by atomic mass is 9.98. The fraction of sp³-hybridized carbons (Fsp3) is 0.958. The Morgan fingerprint density at radius 3 is 1.97 bits per heavy atom. The van der Waals surface area contributed by atoms with Gasteiger partial charge in [-0.25, -0.2) is 0 Å². The van der Waals surface area contributed by atoms with Crippen molar-refractivity contribution in [3.8, 4) is 0 Å². The van der Waals surface area contributed by atoms with Crippen molar-refractivity contribution in [2.45, 2.75) is 126 Å². The van der Waals surface area contributed by atoms with Gasteiger partial charge in [-0.15, -0.1) is 0 Å². The highest BCUT2D eigenvalue weighted by molar-refractivity contribution is 5.78. The van der Waals surface area contributed by atoms with Gasteiger partial charge in [-0.1, -0.05) is 38.5 Å². The number of ketones is 1. The predicted octanol–water partition coefficient (Wildman–Crippen LogP) is -1.28. The molecule has 11 nitrogen and oxygen atoms in total. The van der Waals surface area contributed by atoms with Gasteiger partial charge in [0.2, 0.25) is 0 Å². The van der Waals surface area contributed by atoms with Crippen LogP contribution in [-0.2, 0) is 14.3 Å². The lowest BCUT2D eigenvalue weighted by Gasteiger charge is -2.41. The zero-order valence-electron chi connectivity index (χ0n) is 20.5. The van der Waals surface area contributed by atoms with Gasteiger partial charge in [0.05, 0.1) is 25.4 Å². The van der Waals surface area contributed by atoms with E-state index in [1.54, 1.807) is 0 Å². The van der Waals surface area contributed by atoms with Gasteiger partial charge in [0.25, 0.3) is 0 Å². The highest BCUT2D eigenvalue weighted by atomic mass is 16.7. The fourth-order valence-corrected chi connectivity index (χ4v) is 4.83. The molecule has 2 heterocycles. The number of nitrogens with one attached hydrogen (secondary N) is 1. The highest BCUT2D eigenvalue weighted by Gasteiger charge is 2.49. The van der Waals surface area contributed by atoms with Gasteiger partial charge in [-0.2, -0.15) is 0 Å². The molecule has 0 radical (unpaired) electrons. The molecule has 9 atom stereocenters. The largest absolute Gasteiger partial charge is 0.396 e. The minimum Gasteiger partial charge on any atom is -0.396 e. The summed E-state index contributed by atoms with van der Waals surface area (Å²) in [5.41, 5.74) is 0. The number of unbranched alkanes of at least 4 members (excludes halogenated alkanes) is 6. The Balaban J connectivity index is 1.71. The second-order valence-corrected chi connectivity index (χ2v) is 9.73. The van der Waals surface area contributed by atoms with Crippen molar-refractivity contribution in [1.82, 2.24) is 5.32 Å². The van der Waals surface area contributed by atoms with Crippen LogP contribution in [0.2, 0.25) is 0 Å². The van der Waals surface area contributed by atoms with Crippen LogP contribution in [-0.4, -0.2) is 116 Å². The monoisotopic (exact) mass is 507 g/mol. The minimum atomic E-state index is -1.57. The number of ether oxygens (including phenoxy) is 2. The third-order valence-electron chi connectivity index (χ3n) is 6.99. The second kappa shape index (κ2) is 16.2. The van der Waals surface area contributed by atoms with E-state index in [4.69, 9.17) is 14.6 Å². The van der Waals surface area contributed by atoms with E-state index in [2.05, 4.69) is 5.32 Å². The van der Waals surface area contributed by atoms with Gasteiger partial charge in [0.1, 0.15) is 36.3 Å². The number of hydrogen-bond acceptors (Lipinski definition) is 11. The third kappa shape index (κ3) is 9.26. The Hall–Kier alpha value is -0.730. The molecule has 0 aliphatic carbocycles. The van der Waals surface area contributed by atoms with E-state index in [0.717, 1.165) is 44.9 Å². The molecule has 0 aromatic carbocycles. The number of carbonyl (C=O) groups excluding carboxylic acids is 1. The average molecular weight is 508 g/mol. The maximum Gasteiger partial charge on any atom is 0.187 e. The summed E-state index contributed by atoms with van der Waals surface area (Å²) < 4.78 is 11.2. The van der Waals surface area contributed by atoms with Crippen LogP contribution in [0, 0.1) is 0 Å². The van der Waals surface area contributed by atoms with Gasteiger partial charge in [0.15, 0.2) is 6.29 Å². The van der Waals surface area contributed by atoms with Crippen molar-refractivity contribution in [2.75, 3.05) is 19.8 Å². The lowest BCUT2D eigenvalue weighted by Crippen LogP contribution is -2.60. The zero-order valence-corrected chi connectivity index (χ0v) is 20.5. The molecule has 2 aliphatic heterocycles. The molecule has 35 heavy (non-hydrogen) atoms. The van der Waals surface area contributed by atoms with Crippen molar-refractivity contribution in [3.63, 3.8) is 0 Å². The SMILES string of the molecule is O=C(CCCO)CCCCCCCCC[C@@H]1N[C@H](CO)[C@H](O)[C@@H]1O[C@@H]1O[C@H](CO)[C@@H](O)[C@H](O)[C@H]1O. The number of aliphatic hydroxyl groups is 7. The molecule has 2 rings (SSSR count). The first-order valence-corrected chi connectivity index (χ1v) is 13.0. The van der Waals surface area contributed by atoms with Gasteiger partial charge in [0, 0.05) is 25.5 Å². The van der Waals surface area contributed by atoms with Crippen molar-refractivity contribution in [3.05, 3.63) is 0 Å². The number of hydrogen-bond donors (Lipinski definition) is 8. The second-order valence-electron chi connectivity index (χ2n) is 9.73. The Kier molecular flexibility index (Phi) is 14.1. The molecule has 2 aliphatic rings. The van der Waals surface area contributed by atoms with Gasteiger partial charge >= 0.3 is 0 Å². The van der Waals surface area contributed by atoms with E-state index in [-0.39, 0.29) is 25.0 Å². The quantitative estimate of drug-likeness (QED) is 0.109. The summed E-state index contributed by atoms with van der Waals surface area (Å²) in [7, 11) is 0. The molecule has 0 bridgehead atoms. The normalized spacial score (nSPS) is 35.5. The van der Waals surface area contributed by atoms with Crippen LogP contribution in [0.3, 0.4) is 0 Å². The van der Waals surface area contributed by atoms with Gasteiger partial charge in [-0.05, 0) is 19.3 Å². The number of aliphatic hydroxyl groups excluding tert-OH is 7. The summed E-state index contributed by atoms with van der Waals surface area (Å²) in [5.74, 6) is 0.215. The molecule has 206 valence electrons. The molecule has 8 N–H and O–H groups in total. The molecule has 0 saturated carbocycles. The number of carbonyl (C=O) groups is 1. The maximum absolute atomic E-state index is 11.6. The molecule has 0 amide bonds. The first-order valence-electron chi connectivity index (χ1n) is 13.0. The molecular weight excluding hydrogens is 462 g/mol. The molecule has 2 saturated heterocycles.